The lowest BCUT2D eigenvalue weighted by atomic mass is 10.1. The van der Waals surface area contributed by atoms with Gasteiger partial charge in [0.2, 0.25) is 5.91 Å². The zero-order valence-electron chi connectivity index (χ0n) is 12.7. The molecule has 0 aliphatic carbocycles. The van der Waals surface area contributed by atoms with Crippen LogP contribution in [0.2, 0.25) is 5.02 Å². The van der Waals surface area contributed by atoms with Crippen LogP contribution in [0.1, 0.15) is 23.7 Å². The molecule has 2 rings (SSSR count). The van der Waals surface area contributed by atoms with Gasteiger partial charge in [-0.3, -0.25) is 4.79 Å². The molecule has 1 heterocycles. The maximum atomic E-state index is 11.9. The van der Waals surface area contributed by atoms with Gasteiger partial charge in [0.05, 0.1) is 11.5 Å². The Kier molecular flexibility index (Phi) is 5.69. The zero-order valence-corrected chi connectivity index (χ0v) is 14.3. The van der Waals surface area contributed by atoms with Crippen molar-refractivity contribution in [3.8, 4) is 0 Å². The highest BCUT2D eigenvalue weighted by atomic mass is 35.5. The maximum Gasteiger partial charge on any atom is 0.250 e. The molecule has 0 atom stereocenters. The monoisotopic (exact) mass is 335 g/mol. The first-order valence-electron chi connectivity index (χ1n) is 6.84. The predicted octanol–water partition coefficient (Wildman–Crippen LogP) is 3.92. The van der Waals surface area contributed by atoms with Crippen LogP contribution >= 0.6 is 23.4 Å². The molecule has 22 heavy (non-hydrogen) atoms. The molecule has 6 heteroatoms. The number of thioether (sulfide) groups is 1. The predicted molar refractivity (Wildman–Crippen MR) is 92.8 cm³/mol. The van der Waals surface area contributed by atoms with Gasteiger partial charge in [-0.1, -0.05) is 11.6 Å². The summed E-state index contributed by atoms with van der Waals surface area (Å²) in [5.74, 6) is 0.175. The lowest BCUT2D eigenvalue weighted by Gasteiger charge is -2.04. The number of nitrogens with zero attached hydrogens (tertiary/aromatic N) is 1. The van der Waals surface area contributed by atoms with Crippen LogP contribution in [0.25, 0.3) is 0 Å². The van der Waals surface area contributed by atoms with Gasteiger partial charge in [0.1, 0.15) is 0 Å². The summed E-state index contributed by atoms with van der Waals surface area (Å²) in [6.45, 7) is 5.88. The van der Waals surface area contributed by atoms with Crippen molar-refractivity contribution in [1.29, 1.82) is 0 Å². The van der Waals surface area contributed by atoms with Crippen molar-refractivity contribution in [2.45, 2.75) is 25.7 Å². The Hall–Kier alpha value is -1.72. The molecule has 0 saturated heterocycles. The fraction of sp³-hybridized carbons (Fsp3) is 0.250. The van der Waals surface area contributed by atoms with E-state index in [2.05, 4.69) is 15.5 Å². The second-order valence-electron chi connectivity index (χ2n) is 4.95. The van der Waals surface area contributed by atoms with Gasteiger partial charge in [-0.15, -0.1) is 11.8 Å². The zero-order chi connectivity index (χ0) is 16.1. The van der Waals surface area contributed by atoms with E-state index in [9.17, 15) is 4.79 Å². The molecule has 0 saturated carbocycles. The number of amides is 1. The second-order valence-corrected chi connectivity index (χ2v) is 6.43. The number of nitrogens with one attached hydrogen (secondary N) is 2. The van der Waals surface area contributed by atoms with E-state index in [1.807, 2.05) is 51.2 Å². The Morgan fingerprint density at radius 1 is 1.32 bits per heavy atom. The summed E-state index contributed by atoms with van der Waals surface area (Å²) in [6, 6.07) is 7.39. The number of hydrazone groups is 1. The molecule has 2 aromatic rings. The van der Waals surface area contributed by atoms with Crippen molar-refractivity contribution >= 4 is 35.0 Å². The van der Waals surface area contributed by atoms with E-state index in [4.69, 9.17) is 11.6 Å². The molecule has 0 bridgehead atoms. The first-order valence-corrected chi connectivity index (χ1v) is 8.20. The highest BCUT2D eigenvalue weighted by Gasteiger charge is 2.08. The average Bonchev–Trinajstić information content (AvgIpc) is 2.83. The molecular weight excluding hydrogens is 318 g/mol. The number of aromatic amines is 1. The summed E-state index contributed by atoms with van der Waals surface area (Å²) in [5, 5.41) is 4.86. The van der Waals surface area contributed by atoms with E-state index in [-0.39, 0.29) is 5.91 Å². The quantitative estimate of drug-likeness (QED) is 0.494. The van der Waals surface area contributed by atoms with Crippen molar-refractivity contribution < 1.29 is 4.79 Å². The van der Waals surface area contributed by atoms with E-state index in [1.165, 1.54) is 11.8 Å². The molecule has 0 unspecified atom stereocenters. The van der Waals surface area contributed by atoms with Crippen LogP contribution in [0.5, 0.6) is 0 Å². The molecule has 0 aliphatic rings. The smallest absolute Gasteiger partial charge is 0.250 e. The standard InChI is InChI=1S/C16H18ClN3OS/c1-10-8-18-11(2)16(10)12(3)19-20-15(21)9-22-14-6-4-13(17)5-7-14/h4-8,18H,9H2,1-3H3,(H,20,21)/b19-12+. The Morgan fingerprint density at radius 3 is 2.59 bits per heavy atom. The molecule has 1 amide bonds. The van der Waals surface area contributed by atoms with Gasteiger partial charge < -0.3 is 4.98 Å². The summed E-state index contributed by atoms with van der Waals surface area (Å²) < 4.78 is 0. The fourth-order valence-corrected chi connectivity index (χ4v) is 2.94. The van der Waals surface area contributed by atoms with E-state index < -0.39 is 0 Å². The van der Waals surface area contributed by atoms with Gasteiger partial charge >= 0.3 is 0 Å². The van der Waals surface area contributed by atoms with E-state index in [1.54, 1.807) is 0 Å². The third kappa shape index (κ3) is 4.39. The highest BCUT2D eigenvalue weighted by molar-refractivity contribution is 8.00. The Morgan fingerprint density at radius 2 is 2.00 bits per heavy atom. The van der Waals surface area contributed by atoms with Crippen molar-refractivity contribution in [2.75, 3.05) is 5.75 Å². The Balaban J connectivity index is 1.89. The van der Waals surface area contributed by atoms with E-state index in [0.717, 1.165) is 27.4 Å². The summed E-state index contributed by atoms with van der Waals surface area (Å²) >= 11 is 7.27. The van der Waals surface area contributed by atoms with Crippen molar-refractivity contribution in [2.24, 2.45) is 5.10 Å². The minimum Gasteiger partial charge on any atom is -0.364 e. The van der Waals surface area contributed by atoms with Gasteiger partial charge in [0.15, 0.2) is 0 Å². The third-order valence-electron chi connectivity index (χ3n) is 3.17. The molecule has 0 radical (unpaired) electrons. The van der Waals surface area contributed by atoms with Crippen LogP contribution in [0.3, 0.4) is 0 Å². The molecule has 1 aromatic heterocycles. The number of hydrogen-bond donors (Lipinski definition) is 2. The van der Waals surface area contributed by atoms with Crippen LogP contribution in [0.4, 0.5) is 0 Å². The van der Waals surface area contributed by atoms with Crippen LogP contribution in [0.15, 0.2) is 40.5 Å². The number of halogens is 1. The minimum atomic E-state index is -0.134. The summed E-state index contributed by atoms with van der Waals surface area (Å²) in [6.07, 6.45) is 1.93. The molecule has 116 valence electrons. The van der Waals surface area contributed by atoms with Crippen molar-refractivity contribution in [3.05, 3.63) is 52.3 Å². The van der Waals surface area contributed by atoms with Gasteiger partial charge in [-0.05, 0) is 50.6 Å². The fourth-order valence-electron chi connectivity index (χ4n) is 2.13. The van der Waals surface area contributed by atoms with Gasteiger partial charge in [0.25, 0.3) is 0 Å². The number of rotatable bonds is 5. The molecule has 0 aliphatic heterocycles. The molecular formula is C16H18ClN3OS. The van der Waals surface area contributed by atoms with E-state index >= 15 is 0 Å². The molecule has 1 aromatic carbocycles. The second kappa shape index (κ2) is 7.51. The normalized spacial score (nSPS) is 11.5. The lowest BCUT2D eigenvalue weighted by Crippen LogP contribution is -2.21. The van der Waals surface area contributed by atoms with Crippen molar-refractivity contribution in [1.82, 2.24) is 10.4 Å². The number of carbonyl (C=O) groups excluding carboxylic acids is 1. The SMILES string of the molecule is C/C(=N\NC(=O)CSc1ccc(Cl)cc1)c1c(C)c[nH]c1C. The molecule has 0 fully saturated rings. The largest absolute Gasteiger partial charge is 0.364 e. The first-order chi connectivity index (χ1) is 10.5. The number of carbonyl (C=O) groups is 1. The highest BCUT2D eigenvalue weighted by Crippen LogP contribution is 2.20. The molecule has 0 spiro atoms. The third-order valence-corrected chi connectivity index (χ3v) is 4.43. The number of hydrogen-bond acceptors (Lipinski definition) is 3. The average molecular weight is 336 g/mol. The van der Waals surface area contributed by atoms with Crippen molar-refractivity contribution in [3.63, 3.8) is 0 Å². The first kappa shape index (κ1) is 16.6. The maximum absolute atomic E-state index is 11.9. The van der Waals surface area contributed by atoms with Gasteiger partial charge in [-0.2, -0.15) is 5.10 Å². The number of H-pyrrole nitrogens is 1. The van der Waals surface area contributed by atoms with Gasteiger partial charge in [-0.25, -0.2) is 5.43 Å². The molecule has 2 N–H and O–H groups in total. The minimum absolute atomic E-state index is 0.134. The number of benzene rings is 1. The van der Waals surface area contributed by atoms with Crippen LogP contribution < -0.4 is 5.43 Å². The van der Waals surface area contributed by atoms with Crippen LogP contribution in [-0.4, -0.2) is 22.4 Å². The van der Waals surface area contributed by atoms with E-state index in [0.29, 0.717) is 10.8 Å². The number of aromatic nitrogens is 1. The Labute approximate surface area is 139 Å². The topological polar surface area (TPSA) is 57.2 Å². The van der Waals surface area contributed by atoms with Crippen LogP contribution in [0, 0.1) is 13.8 Å². The van der Waals surface area contributed by atoms with Crippen LogP contribution in [-0.2, 0) is 4.79 Å². The summed E-state index contributed by atoms with van der Waals surface area (Å²) in [4.78, 5) is 16.0. The lowest BCUT2D eigenvalue weighted by molar-refractivity contribution is -0.118. The van der Waals surface area contributed by atoms with Gasteiger partial charge in [0, 0.05) is 27.4 Å². The Bertz CT molecular complexity index is 672. The molecule has 4 nitrogen and oxygen atoms in total. The summed E-state index contributed by atoms with van der Waals surface area (Å²) in [5.41, 5.74) is 6.59. The number of aryl methyl sites for hydroxylation is 2. The summed E-state index contributed by atoms with van der Waals surface area (Å²) in [7, 11) is 0.